The van der Waals surface area contributed by atoms with Crippen LogP contribution in [0.2, 0.25) is 0 Å². The van der Waals surface area contributed by atoms with Gasteiger partial charge in [-0.2, -0.15) is 0 Å². The zero-order chi connectivity index (χ0) is 22.8. The SMILES string of the molecule is COc1ccc([C@@H]2/C(=C(\O)c3ccccc3)C(=O)C(=O)N2c2ccc(C)cc2)cc1OC. The van der Waals surface area contributed by atoms with Gasteiger partial charge in [-0.05, 0) is 36.8 Å². The Bertz CT molecular complexity index is 1200. The third-order valence-corrected chi connectivity index (χ3v) is 5.53. The molecule has 0 bridgehead atoms. The first-order valence-electron chi connectivity index (χ1n) is 10.1. The average Bonchev–Trinajstić information content (AvgIpc) is 3.09. The Labute approximate surface area is 186 Å². The van der Waals surface area contributed by atoms with Crippen molar-refractivity contribution in [2.75, 3.05) is 19.1 Å². The summed E-state index contributed by atoms with van der Waals surface area (Å²) in [6, 6.07) is 20.4. The smallest absolute Gasteiger partial charge is 0.300 e. The number of aliphatic hydroxyl groups is 1. The van der Waals surface area contributed by atoms with E-state index in [4.69, 9.17) is 9.47 Å². The lowest BCUT2D eigenvalue weighted by Crippen LogP contribution is -2.29. The highest BCUT2D eigenvalue weighted by Crippen LogP contribution is 2.44. The molecule has 1 saturated heterocycles. The lowest BCUT2D eigenvalue weighted by atomic mass is 9.94. The first-order valence-corrected chi connectivity index (χ1v) is 10.1. The highest BCUT2D eigenvalue weighted by atomic mass is 16.5. The number of amides is 1. The lowest BCUT2D eigenvalue weighted by Gasteiger charge is -2.26. The van der Waals surface area contributed by atoms with Gasteiger partial charge in [-0.3, -0.25) is 14.5 Å². The minimum Gasteiger partial charge on any atom is -0.507 e. The first kappa shape index (κ1) is 21.2. The van der Waals surface area contributed by atoms with Crippen molar-refractivity contribution in [3.63, 3.8) is 0 Å². The van der Waals surface area contributed by atoms with E-state index in [2.05, 4.69) is 0 Å². The van der Waals surface area contributed by atoms with Gasteiger partial charge in [0, 0.05) is 11.3 Å². The highest BCUT2D eigenvalue weighted by molar-refractivity contribution is 6.51. The molecule has 1 amide bonds. The van der Waals surface area contributed by atoms with E-state index in [1.54, 1.807) is 54.6 Å². The van der Waals surface area contributed by atoms with Gasteiger partial charge < -0.3 is 14.6 Å². The Hall–Kier alpha value is -4.06. The number of methoxy groups -OCH3 is 2. The number of carbonyl (C=O) groups excluding carboxylic acids is 2. The minimum absolute atomic E-state index is 0.0222. The Morgan fingerprint density at radius 3 is 2.16 bits per heavy atom. The quantitative estimate of drug-likeness (QED) is 0.363. The molecule has 1 aliphatic rings. The summed E-state index contributed by atoms with van der Waals surface area (Å²) in [5, 5.41) is 11.1. The van der Waals surface area contributed by atoms with E-state index >= 15 is 0 Å². The van der Waals surface area contributed by atoms with E-state index < -0.39 is 17.7 Å². The van der Waals surface area contributed by atoms with Crippen LogP contribution in [0.1, 0.15) is 22.7 Å². The van der Waals surface area contributed by atoms with Crippen molar-refractivity contribution in [2.45, 2.75) is 13.0 Å². The Balaban J connectivity index is 1.96. The van der Waals surface area contributed by atoms with Crippen LogP contribution in [0, 0.1) is 6.92 Å². The topological polar surface area (TPSA) is 76.1 Å². The molecule has 6 nitrogen and oxygen atoms in total. The second-order valence-corrected chi connectivity index (χ2v) is 7.49. The van der Waals surface area contributed by atoms with Crippen LogP contribution in [0.15, 0.2) is 78.4 Å². The van der Waals surface area contributed by atoms with Crippen LogP contribution in [-0.4, -0.2) is 31.0 Å². The third-order valence-electron chi connectivity index (χ3n) is 5.53. The van der Waals surface area contributed by atoms with Gasteiger partial charge in [0.05, 0.1) is 25.8 Å². The van der Waals surface area contributed by atoms with E-state index in [-0.39, 0.29) is 11.3 Å². The standard InChI is InChI=1S/C26H23NO5/c1-16-9-12-19(13-10-16)27-23(18-11-14-20(31-2)21(15-18)32-3)22(25(29)26(27)30)24(28)17-7-5-4-6-8-17/h4-15,23,28H,1-3H3/b24-22+/t23-/m1/s1. The molecule has 3 aromatic carbocycles. The number of nitrogens with zero attached hydrogens (tertiary/aromatic N) is 1. The van der Waals surface area contributed by atoms with Crippen LogP contribution in [0.3, 0.4) is 0 Å². The van der Waals surface area contributed by atoms with Gasteiger partial charge in [-0.25, -0.2) is 0 Å². The second kappa shape index (κ2) is 8.59. The first-order chi connectivity index (χ1) is 15.5. The Morgan fingerprint density at radius 2 is 1.53 bits per heavy atom. The number of carbonyl (C=O) groups is 2. The van der Waals surface area contributed by atoms with Crippen LogP contribution < -0.4 is 14.4 Å². The number of aliphatic hydroxyl groups excluding tert-OH is 1. The molecular formula is C26H23NO5. The molecule has 162 valence electrons. The van der Waals surface area contributed by atoms with Crippen molar-refractivity contribution >= 4 is 23.1 Å². The molecular weight excluding hydrogens is 406 g/mol. The monoisotopic (exact) mass is 429 g/mol. The number of ketones is 1. The number of benzene rings is 3. The normalized spacial score (nSPS) is 17.5. The maximum absolute atomic E-state index is 13.2. The summed E-state index contributed by atoms with van der Waals surface area (Å²) in [7, 11) is 3.05. The molecule has 1 heterocycles. The van der Waals surface area contributed by atoms with Gasteiger partial charge in [0.25, 0.3) is 11.7 Å². The summed E-state index contributed by atoms with van der Waals surface area (Å²) < 4.78 is 10.8. The fourth-order valence-electron chi connectivity index (χ4n) is 3.89. The van der Waals surface area contributed by atoms with Crippen molar-refractivity contribution in [2.24, 2.45) is 0 Å². The molecule has 1 atom stereocenters. The van der Waals surface area contributed by atoms with Crippen molar-refractivity contribution in [3.05, 3.63) is 95.1 Å². The summed E-state index contributed by atoms with van der Waals surface area (Å²) in [5.41, 5.74) is 2.68. The number of hydrogen-bond acceptors (Lipinski definition) is 5. The molecule has 0 unspecified atom stereocenters. The maximum Gasteiger partial charge on any atom is 0.300 e. The Morgan fingerprint density at radius 1 is 0.875 bits per heavy atom. The van der Waals surface area contributed by atoms with Crippen molar-refractivity contribution in [3.8, 4) is 11.5 Å². The number of Topliss-reactive ketones (excluding diaryl/α,β-unsaturated/α-hetero) is 1. The van der Waals surface area contributed by atoms with Crippen LogP contribution in [0.5, 0.6) is 11.5 Å². The largest absolute Gasteiger partial charge is 0.507 e. The van der Waals surface area contributed by atoms with Crippen LogP contribution in [0.4, 0.5) is 5.69 Å². The van der Waals surface area contributed by atoms with Crippen molar-refractivity contribution in [1.82, 2.24) is 0 Å². The van der Waals surface area contributed by atoms with E-state index in [9.17, 15) is 14.7 Å². The summed E-state index contributed by atoms with van der Waals surface area (Å²) in [6.07, 6.45) is 0. The zero-order valence-corrected chi connectivity index (χ0v) is 18.0. The summed E-state index contributed by atoms with van der Waals surface area (Å²) in [5.74, 6) is -0.693. The van der Waals surface area contributed by atoms with Crippen molar-refractivity contribution < 1.29 is 24.2 Å². The summed E-state index contributed by atoms with van der Waals surface area (Å²) in [6.45, 7) is 1.94. The second-order valence-electron chi connectivity index (χ2n) is 7.49. The van der Waals surface area contributed by atoms with Crippen LogP contribution in [-0.2, 0) is 9.59 Å². The van der Waals surface area contributed by atoms with E-state index in [1.807, 2.05) is 25.1 Å². The maximum atomic E-state index is 13.2. The van der Waals surface area contributed by atoms with Gasteiger partial charge in [-0.1, -0.05) is 54.1 Å². The number of aryl methyl sites for hydroxylation is 1. The molecule has 0 spiro atoms. The minimum atomic E-state index is -0.835. The van der Waals surface area contributed by atoms with Gasteiger partial charge in [0.1, 0.15) is 5.76 Å². The number of anilines is 1. The third kappa shape index (κ3) is 3.60. The van der Waals surface area contributed by atoms with Gasteiger partial charge in [0.15, 0.2) is 11.5 Å². The predicted molar refractivity (Wildman–Crippen MR) is 122 cm³/mol. The molecule has 3 aromatic rings. The zero-order valence-electron chi connectivity index (χ0n) is 18.0. The van der Waals surface area contributed by atoms with E-state index in [1.165, 1.54) is 19.1 Å². The molecule has 6 heteroatoms. The van der Waals surface area contributed by atoms with E-state index in [0.29, 0.717) is 28.3 Å². The van der Waals surface area contributed by atoms with Gasteiger partial charge in [-0.15, -0.1) is 0 Å². The molecule has 0 saturated carbocycles. The molecule has 1 aliphatic heterocycles. The molecule has 0 aromatic heterocycles. The molecule has 0 aliphatic carbocycles. The Kier molecular flexibility index (Phi) is 5.69. The predicted octanol–water partition coefficient (Wildman–Crippen LogP) is 4.64. The van der Waals surface area contributed by atoms with E-state index in [0.717, 1.165) is 5.56 Å². The molecule has 32 heavy (non-hydrogen) atoms. The summed E-state index contributed by atoms with van der Waals surface area (Å²) >= 11 is 0. The molecule has 1 fully saturated rings. The average molecular weight is 429 g/mol. The van der Waals surface area contributed by atoms with Gasteiger partial charge >= 0.3 is 0 Å². The highest BCUT2D eigenvalue weighted by Gasteiger charge is 2.47. The van der Waals surface area contributed by atoms with Crippen LogP contribution >= 0.6 is 0 Å². The molecule has 0 radical (unpaired) electrons. The number of rotatable bonds is 5. The molecule has 4 rings (SSSR count). The van der Waals surface area contributed by atoms with Crippen LogP contribution in [0.25, 0.3) is 5.76 Å². The summed E-state index contributed by atoms with van der Waals surface area (Å²) in [4.78, 5) is 27.8. The van der Waals surface area contributed by atoms with Gasteiger partial charge in [0.2, 0.25) is 0 Å². The van der Waals surface area contributed by atoms with Crippen molar-refractivity contribution in [1.29, 1.82) is 0 Å². The fourth-order valence-corrected chi connectivity index (χ4v) is 3.89. The number of ether oxygens (including phenoxy) is 2. The number of hydrogen-bond donors (Lipinski definition) is 1. The lowest BCUT2D eigenvalue weighted by molar-refractivity contribution is -0.132. The fraction of sp³-hybridized carbons (Fsp3) is 0.154. The molecule has 1 N–H and O–H groups in total.